The minimum atomic E-state index is -0.219. The number of benzene rings is 1. The molecule has 13 heavy (non-hydrogen) atoms. The molecule has 1 aromatic rings. The summed E-state index contributed by atoms with van der Waals surface area (Å²) in [4.78, 5) is 0. The van der Waals surface area contributed by atoms with Crippen molar-refractivity contribution < 1.29 is 4.39 Å². The van der Waals surface area contributed by atoms with Gasteiger partial charge in [0, 0.05) is 5.56 Å². The summed E-state index contributed by atoms with van der Waals surface area (Å²) in [6.07, 6.45) is 5.16. The van der Waals surface area contributed by atoms with Crippen LogP contribution in [0.15, 0.2) is 18.2 Å². The smallest absolute Gasteiger partial charge is 0.128 e. The van der Waals surface area contributed by atoms with Crippen molar-refractivity contribution in [1.82, 2.24) is 0 Å². The summed E-state index contributed by atoms with van der Waals surface area (Å²) in [5.74, 6) is 2.19. The van der Waals surface area contributed by atoms with E-state index >= 15 is 0 Å². The van der Waals surface area contributed by atoms with Gasteiger partial charge in [0.15, 0.2) is 0 Å². The molecule has 1 aromatic carbocycles. The van der Waals surface area contributed by atoms with Crippen LogP contribution < -0.4 is 0 Å². The Morgan fingerprint density at radius 1 is 1.31 bits per heavy atom. The van der Waals surface area contributed by atoms with Crippen molar-refractivity contribution >= 4 is 0 Å². The zero-order valence-electron chi connectivity index (χ0n) is 8.19. The molecule has 0 N–H and O–H groups in total. The van der Waals surface area contributed by atoms with Crippen molar-refractivity contribution in [2.24, 2.45) is 0 Å². The Hall–Kier alpha value is -1.29. The molecule has 0 saturated heterocycles. The lowest BCUT2D eigenvalue weighted by Gasteiger charge is -2.19. The highest BCUT2D eigenvalue weighted by Crippen LogP contribution is 2.25. The summed E-state index contributed by atoms with van der Waals surface area (Å²) in [6.45, 7) is 5.92. The van der Waals surface area contributed by atoms with Crippen molar-refractivity contribution in [3.63, 3.8) is 0 Å². The second kappa shape index (κ2) is 3.22. The van der Waals surface area contributed by atoms with Crippen LogP contribution in [0.4, 0.5) is 4.39 Å². The second-order valence-electron chi connectivity index (χ2n) is 4.09. The number of hydrogen-bond acceptors (Lipinski definition) is 0. The monoisotopic (exact) mass is 176 g/mol. The molecule has 0 atom stereocenters. The van der Waals surface area contributed by atoms with Crippen molar-refractivity contribution in [2.75, 3.05) is 0 Å². The fourth-order valence-corrected chi connectivity index (χ4v) is 1.21. The molecule has 1 rings (SSSR count). The molecule has 0 saturated carbocycles. The molecular formula is C12H13F. The average molecular weight is 176 g/mol. The van der Waals surface area contributed by atoms with E-state index < -0.39 is 0 Å². The first kappa shape index (κ1) is 9.80. The Kier molecular flexibility index (Phi) is 2.43. The van der Waals surface area contributed by atoms with Crippen LogP contribution in [0.25, 0.3) is 0 Å². The molecule has 68 valence electrons. The van der Waals surface area contributed by atoms with E-state index in [-0.39, 0.29) is 11.2 Å². The van der Waals surface area contributed by atoms with E-state index in [0.717, 1.165) is 0 Å². The largest absolute Gasteiger partial charge is 0.207 e. The van der Waals surface area contributed by atoms with Gasteiger partial charge in [0.2, 0.25) is 0 Å². The Morgan fingerprint density at radius 3 is 2.31 bits per heavy atom. The molecule has 0 unspecified atom stereocenters. The van der Waals surface area contributed by atoms with E-state index in [0.29, 0.717) is 11.1 Å². The minimum absolute atomic E-state index is 0.169. The molecule has 0 aromatic heterocycles. The van der Waals surface area contributed by atoms with Gasteiger partial charge in [-0.3, -0.25) is 0 Å². The summed E-state index contributed by atoms with van der Waals surface area (Å²) in [7, 11) is 0. The quantitative estimate of drug-likeness (QED) is 0.533. The highest BCUT2D eigenvalue weighted by Gasteiger charge is 2.17. The lowest BCUT2D eigenvalue weighted by molar-refractivity contribution is 0.522. The number of terminal acetylenes is 1. The third-order valence-electron chi connectivity index (χ3n) is 1.94. The van der Waals surface area contributed by atoms with Crippen molar-refractivity contribution in [3.05, 3.63) is 35.1 Å². The fraction of sp³-hybridized carbons (Fsp3) is 0.333. The standard InChI is InChI=1S/C12H13F/c1-5-9-6-7-10(11(13)8-9)12(2,3)4/h1,6-8H,2-4H3. The Morgan fingerprint density at radius 2 is 1.92 bits per heavy atom. The van der Waals surface area contributed by atoms with E-state index in [1.807, 2.05) is 20.8 Å². The zero-order chi connectivity index (χ0) is 10.1. The van der Waals surface area contributed by atoms with Crippen LogP contribution in [0.2, 0.25) is 0 Å². The highest BCUT2D eigenvalue weighted by molar-refractivity contribution is 5.37. The maximum atomic E-state index is 13.4. The molecule has 0 spiro atoms. The van der Waals surface area contributed by atoms with E-state index in [2.05, 4.69) is 5.92 Å². The molecule has 0 radical (unpaired) electrons. The zero-order valence-corrected chi connectivity index (χ0v) is 8.19. The SMILES string of the molecule is C#Cc1ccc(C(C)(C)C)c(F)c1. The van der Waals surface area contributed by atoms with Gasteiger partial charge in [-0.15, -0.1) is 6.42 Å². The van der Waals surface area contributed by atoms with Crippen LogP contribution in [-0.2, 0) is 5.41 Å². The molecule has 0 bridgehead atoms. The van der Waals surface area contributed by atoms with E-state index in [1.165, 1.54) is 6.07 Å². The fourth-order valence-electron chi connectivity index (χ4n) is 1.21. The maximum absolute atomic E-state index is 13.4. The van der Waals surface area contributed by atoms with Crippen LogP contribution in [0.5, 0.6) is 0 Å². The summed E-state index contributed by atoms with van der Waals surface area (Å²) >= 11 is 0. The Balaban J connectivity index is 3.23. The van der Waals surface area contributed by atoms with Crippen molar-refractivity contribution in [2.45, 2.75) is 26.2 Å². The Labute approximate surface area is 78.8 Å². The first-order valence-electron chi connectivity index (χ1n) is 4.22. The van der Waals surface area contributed by atoms with Gasteiger partial charge in [-0.1, -0.05) is 32.8 Å². The topological polar surface area (TPSA) is 0 Å². The maximum Gasteiger partial charge on any atom is 0.128 e. The van der Waals surface area contributed by atoms with Crippen LogP contribution >= 0.6 is 0 Å². The predicted octanol–water partition coefficient (Wildman–Crippen LogP) is 3.10. The molecule has 0 heterocycles. The first-order valence-corrected chi connectivity index (χ1v) is 4.22. The number of rotatable bonds is 0. The summed E-state index contributed by atoms with van der Waals surface area (Å²) < 4.78 is 13.4. The summed E-state index contributed by atoms with van der Waals surface area (Å²) in [6, 6.07) is 4.93. The van der Waals surface area contributed by atoms with Crippen LogP contribution in [0.3, 0.4) is 0 Å². The highest BCUT2D eigenvalue weighted by atomic mass is 19.1. The molecular weight excluding hydrogens is 163 g/mol. The van der Waals surface area contributed by atoms with Gasteiger partial charge in [-0.25, -0.2) is 4.39 Å². The second-order valence-corrected chi connectivity index (χ2v) is 4.09. The van der Waals surface area contributed by atoms with E-state index in [9.17, 15) is 4.39 Å². The summed E-state index contributed by atoms with van der Waals surface area (Å²) in [5.41, 5.74) is 1.12. The molecule has 0 aliphatic heterocycles. The Bertz CT molecular complexity index is 350. The molecule has 1 heteroatoms. The normalized spacial score (nSPS) is 11.0. The molecule has 0 fully saturated rings. The predicted molar refractivity (Wildman–Crippen MR) is 53.0 cm³/mol. The summed E-state index contributed by atoms with van der Waals surface area (Å²) in [5, 5.41) is 0. The minimum Gasteiger partial charge on any atom is -0.207 e. The van der Waals surface area contributed by atoms with E-state index in [1.54, 1.807) is 12.1 Å². The van der Waals surface area contributed by atoms with Gasteiger partial charge in [0.25, 0.3) is 0 Å². The third kappa shape index (κ3) is 2.09. The first-order chi connectivity index (χ1) is 5.95. The van der Waals surface area contributed by atoms with Crippen molar-refractivity contribution in [3.8, 4) is 12.3 Å². The molecule has 0 amide bonds. The van der Waals surface area contributed by atoms with Gasteiger partial charge >= 0.3 is 0 Å². The van der Waals surface area contributed by atoms with Crippen LogP contribution in [0.1, 0.15) is 31.9 Å². The van der Waals surface area contributed by atoms with E-state index in [4.69, 9.17) is 6.42 Å². The van der Waals surface area contributed by atoms with Gasteiger partial charge in [-0.05, 0) is 23.1 Å². The average Bonchev–Trinajstić information content (AvgIpc) is 2.01. The molecule has 0 aliphatic carbocycles. The molecule has 0 aliphatic rings. The van der Waals surface area contributed by atoms with Gasteiger partial charge < -0.3 is 0 Å². The number of hydrogen-bond donors (Lipinski definition) is 0. The lowest BCUT2D eigenvalue weighted by atomic mass is 9.86. The van der Waals surface area contributed by atoms with Crippen LogP contribution in [-0.4, -0.2) is 0 Å². The lowest BCUT2D eigenvalue weighted by Crippen LogP contribution is -2.13. The van der Waals surface area contributed by atoms with Gasteiger partial charge in [0.1, 0.15) is 5.82 Å². The number of halogens is 1. The van der Waals surface area contributed by atoms with Gasteiger partial charge in [0.05, 0.1) is 0 Å². The molecule has 0 nitrogen and oxygen atoms in total. The third-order valence-corrected chi connectivity index (χ3v) is 1.94. The van der Waals surface area contributed by atoms with Gasteiger partial charge in [-0.2, -0.15) is 0 Å². The van der Waals surface area contributed by atoms with Crippen molar-refractivity contribution in [1.29, 1.82) is 0 Å². The van der Waals surface area contributed by atoms with Crippen LogP contribution in [0, 0.1) is 18.2 Å².